The van der Waals surface area contributed by atoms with Gasteiger partial charge >= 0.3 is 5.97 Å². The van der Waals surface area contributed by atoms with Gasteiger partial charge in [0.25, 0.3) is 17.4 Å². The van der Waals surface area contributed by atoms with Crippen molar-refractivity contribution in [3.63, 3.8) is 0 Å². The van der Waals surface area contributed by atoms with Crippen molar-refractivity contribution in [1.82, 2.24) is 20.6 Å². The van der Waals surface area contributed by atoms with Crippen LogP contribution in [-0.2, 0) is 29.1 Å². The number of carboxylic acids is 1. The van der Waals surface area contributed by atoms with Crippen LogP contribution in [0.25, 0.3) is 10.2 Å². The van der Waals surface area contributed by atoms with Crippen LogP contribution < -0.4 is 26.2 Å². The van der Waals surface area contributed by atoms with Crippen molar-refractivity contribution in [3.05, 3.63) is 85.8 Å². The highest BCUT2D eigenvalue weighted by Crippen LogP contribution is 2.42. The lowest BCUT2D eigenvalue weighted by atomic mass is 10.00. The number of hydrogen-bond acceptors (Lipinski definition) is 8. The van der Waals surface area contributed by atoms with Gasteiger partial charge in [-0.1, -0.05) is 32.0 Å². The molecule has 0 spiro atoms. The molecule has 2 aromatic heterocycles. The van der Waals surface area contributed by atoms with Crippen molar-refractivity contribution in [2.45, 2.75) is 45.7 Å². The first-order chi connectivity index (χ1) is 20.8. The highest BCUT2D eigenvalue weighted by Gasteiger charge is 2.34. The van der Waals surface area contributed by atoms with E-state index < -0.39 is 23.4 Å². The van der Waals surface area contributed by atoms with Crippen molar-refractivity contribution in [3.8, 4) is 5.75 Å². The summed E-state index contributed by atoms with van der Waals surface area (Å²) in [5.74, 6) is -2.22. The van der Waals surface area contributed by atoms with Crippen molar-refractivity contribution in [2.24, 2.45) is 0 Å². The van der Waals surface area contributed by atoms with Gasteiger partial charge in [0, 0.05) is 18.0 Å². The number of rotatable bonds is 7. The molecule has 0 bridgehead atoms. The van der Waals surface area contributed by atoms with Gasteiger partial charge in [-0.3, -0.25) is 19.2 Å². The lowest BCUT2D eigenvalue weighted by Gasteiger charge is -2.18. The van der Waals surface area contributed by atoms with E-state index in [0.29, 0.717) is 45.6 Å². The second-order valence-electron chi connectivity index (χ2n) is 9.69. The summed E-state index contributed by atoms with van der Waals surface area (Å²) in [4.78, 5) is 69.9. The number of aromatic nitrogens is 2. The van der Waals surface area contributed by atoms with Crippen molar-refractivity contribution >= 4 is 50.9 Å². The van der Waals surface area contributed by atoms with Crippen LogP contribution in [0.4, 0.5) is 5.69 Å². The molecule has 4 aromatic rings. The topological polar surface area (TPSA) is 180 Å². The molecule has 1 aliphatic carbocycles. The van der Waals surface area contributed by atoms with Gasteiger partial charge < -0.3 is 30.8 Å². The molecule has 0 saturated heterocycles. The number of anilines is 1. The first kappa shape index (κ1) is 29.5. The van der Waals surface area contributed by atoms with Gasteiger partial charge in [-0.15, -0.1) is 11.3 Å². The molecule has 6 rings (SSSR count). The van der Waals surface area contributed by atoms with Gasteiger partial charge in [0.1, 0.15) is 10.6 Å². The Labute approximate surface area is 249 Å². The summed E-state index contributed by atoms with van der Waals surface area (Å²) in [6.07, 6.45) is 1.16. The lowest BCUT2D eigenvalue weighted by molar-refractivity contribution is -0.122. The third kappa shape index (κ3) is 6.11. The summed E-state index contributed by atoms with van der Waals surface area (Å²) < 4.78 is 5.34. The van der Waals surface area contributed by atoms with Crippen LogP contribution >= 0.6 is 11.3 Å². The van der Waals surface area contributed by atoms with E-state index in [9.17, 15) is 24.0 Å². The third-order valence-electron chi connectivity index (χ3n) is 7.01. The Hall–Kier alpha value is -5.04. The smallest absolute Gasteiger partial charge is 0.335 e. The minimum Gasteiger partial charge on any atom is -0.482 e. The number of carboxylic acid groups (broad SMARTS) is 1. The van der Waals surface area contributed by atoms with E-state index in [1.807, 2.05) is 13.8 Å². The number of ether oxygens (including phenoxy) is 1. The maximum Gasteiger partial charge on any atom is 0.335 e. The molecular weight excluding hydrogens is 574 g/mol. The highest BCUT2D eigenvalue weighted by atomic mass is 32.1. The fourth-order valence-electron chi connectivity index (χ4n) is 5.00. The van der Waals surface area contributed by atoms with Crippen molar-refractivity contribution in [1.29, 1.82) is 0 Å². The maximum atomic E-state index is 13.1. The molecule has 1 unspecified atom stereocenters. The number of H-pyrrole nitrogens is 1. The number of amides is 3. The molecule has 2 aliphatic rings. The average molecular weight is 604 g/mol. The molecule has 1 aliphatic heterocycles. The normalized spacial score (nSPS) is 14.8. The second-order valence-corrected chi connectivity index (χ2v) is 10.8. The molecule has 0 fully saturated rings. The van der Waals surface area contributed by atoms with E-state index in [0.717, 1.165) is 10.4 Å². The Kier molecular flexibility index (Phi) is 8.53. The zero-order valence-electron chi connectivity index (χ0n) is 23.4. The summed E-state index contributed by atoms with van der Waals surface area (Å²) in [6, 6.07) is 11.4. The second kappa shape index (κ2) is 12.4. The molecule has 5 N–H and O–H groups in total. The van der Waals surface area contributed by atoms with Gasteiger partial charge in [0.15, 0.2) is 6.61 Å². The molecule has 3 heterocycles. The van der Waals surface area contributed by atoms with E-state index in [2.05, 4.69) is 25.9 Å². The monoisotopic (exact) mass is 603 g/mol. The van der Waals surface area contributed by atoms with E-state index in [-0.39, 0.29) is 42.9 Å². The Bertz CT molecular complexity index is 1800. The molecule has 0 saturated carbocycles. The van der Waals surface area contributed by atoms with Crippen molar-refractivity contribution in [2.75, 3.05) is 11.9 Å². The number of carbonyl (C=O) groups excluding carboxylic acids is 3. The van der Waals surface area contributed by atoms with Gasteiger partial charge in [-0.2, -0.15) is 0 Å². The summed E-state index contributed by atoms with van der Waals surface area (Å²) >= 11 is 1.30. The lowest BCUT2D eigenvalue weighted by Crippen LogP contribution is -2.29. The molecule has 3 amide bonds. The van der Waals surface area contributed by atoms with E-state index in [4.69, 9.17) is 9.84 Å². The van der Waals surface area contributed by atoms with Crippen LogP contribution in [0.1, 0.15) is 68.7 Å². The standard InChI is InChI=1S/C28H23N5O7S.C2H6/c34-20-12-40-18-7-3-14(9-17(18)31-20)11-30-26(37)23-32-25(36)22-21-16(6-8-19(21)41-27(22)33-23)24(35)29-10-13-1-4-15(5-2-13)28(38)39;1-2/h1-5,7,9,16H,6,8,10-12H2,(H,29,35)(H,30,37)(H,31,34)(H,38,39)(H,32,33,36);1-2H3. The van der Waals surface area contributed by atoms with Gasteiger partial charge in [-0.25, -0.2) is 9.78 Å². The number of nitrogens with zero attached hydrogens (tertiary/aromatic N) is 1. The molecule has 43 heavy (non-hydrogen) atoms. The maximum absolute atomic E-state index is 13.1. The molecule has 12 nitrogen and oxygen atoms in total. The summed E-state index contributed by atoms with van der Waals surface area (Å²) in [6.45, 7) is 4.30. The first-order valence-corrected chi connectivity index (χ1v) is 14.6. The summed E-state index contributed by atoms with van der Waals surface area (Å²) in [7, 11) is 0. The van der Waals surface area contributed by atoms with Crippen LogP contribution in [0.15, 0.2) is 47.3 Å². The molecule has 1 atom stereocenters. The predicted octanol–water partition coefficient (Wildman–Crippen LogP) is 3.32. The van der Waals surface area contributed by atoms with Crippen molar-refractivity contribution < 1.29 is 29.0 Å². The first-order valence-electron chi connectivity index (χ1n) is 13.8. The molecule has 222 valence electrons. The third-order valence-corrected chi connectivity index (χ3v) is 8.17. The minimum absolute atomic E-state index is 0.0489. The number of aromatic amines is 1. The summed E-state index contributed by atoms with van der Waals surface area (Å²) in [5.41, 5.74) is 2.30. The van der Waals surface area contributed by atoms with Gasteiger partial charge in [0.2, 0.25) is 11.7 Å². The number of aromatic carboxylic acids is 1. The number of benzene rings is 2. The number of aryl methyl sites for hydroxylation is 1. The van der Waals surface area contributed by atoms with Gasteiger partial charge in [-0.05, 0) is 53.8 Å². The number of hydrogen-bond donors (Lipinski definition) is 5. The SMILES string of the molecule is CC.O=C1COc2ccc(CNC(=O)c3nc4sc5c(c4c(=O)[nH]3)C(C(=O)NCc3ccc(C(=O)O)cc3)CC5)cc2N1. The molecule has 2 aromatic carbocycles. The van der Waals surface area contributed by atoms with Crippen LogP contribution in [0, 0.1) is 0 Å². The van der Waals surface area contributed by atoms with Crippen LogP contribution in [0.2, 0.25) is 0 Å². The average Bonchev–Trinajstić information content (AvgIpc) is 3.59. The van der Waals surface area contributed by atoms with E-state index in [1.165, 1.54) is 23.5 Å². The van der Waals surface area contributed by atoms with Gasteiger partial charge in [0.05, 0.1) is 22.6 Å². The molecule has 0 radical (unpaired) electrons. The number of carbonyl (C=O) groups is 4. The Morgan fingerprint density at radius 1 is 1.05 bits per heavy atom. The molecule has 13 heteroatoms. The fraction of sp³-hybridized carbons (Fsp3) is 0.267. The summed E-state index contributed by atoms with van der Waals surface area (Å²) in [5, 5.41) is 17.7. The minimum atomic E-state index is -1.02. The Morgan fingerprint density at radius 3 is 2.51 bits per heavy atom. The zero-order valence-corrected chi connectivity index (χ0v) is 24.2. The largest absolute Gasteiger partial charge is 0.482 e. The van der Waals surface area contributed by atoms with Crippen LogP contribution in [0.3, 0.4) is 0 Å². The highest BCUT2D eigenvalue weighted by molar-refractivity contribution is 7.18. The van der Waals surface area contributed by atoms with Crippen LogP contribution in [-0.4, -0.2) is 45.4 Å². The molecular formula is C30H29N5O7S. The predicted molar refractivity (Wildman–Crippen MR) is 160 cm³/mol. The Balaban J connectivity index is 0.00000180. The zero-order chi connectivity index (χ0) is 30.7. The Morgan fingerprint density at radius 2 is 1.77 bits per heavy atom. The number of nitrogens with one attached hydrogen (secondary N) is 4. The van der Waals surface area contributed by atoms with Crippen LogP contribution in [0.5, 0.6) is 5.75 Å². The quantitative estimate of drug-likeness (QED) is 0.213. The van der Waals surface area contributed by atoms with E-state index >= 15 is 0 Å². The fourth-order valence-corrected chi connectivity index (χ4v) is 6.25. The number of thiophene rings is 1. The number of fused-ring (bicyclic) bond motifs is 4. The van der Waals surface area contributed by atoms with E-state index in [1.54, 1.807) is 30.3 Å².